The Hall–Kier alpha value is -3.31. The molecule has 1 saturated heterocycles. The van der Waals surface area contributed by atoms with Crippen LogP contribution in [-0.4, -0.2) is 63.7 Å². The van der Waals surface area contributed by atoms with E-state index in [1.165, 1.54) is 0 Å². The van der Waals surface area contributed by atoms with E-state index < -0.39 is 23.9 Å². The van der Waals surface area contributed by atoms with Crippen LogP contribution in [0, 0.1) is 6.92 Å². The Morgan fingerprint density at radius 2 is 1.77 bits per heavy atom. The fourth-order valence-corrected chi connectivity index (χ4v) is 3.40. The van der Waals surface area contributed by atoms with Gasteiger partial charge in [-0.1, -0.05) is 0 Å². The second-order valence-corrected chi connectivity index (χ2v) is 7.35. The lowest BCUT2D eigenvalue weighted by molar-refractivity contribution is -0.138. The van der Waals surface area contributed by atoms with Crippen LogP contribution >= 0.6 is 0 Å². The molecule has 1 fully saturated rings. The maximum absolute atomic E-state index is 12.9. The predicted octanol–water partition coefficient (Wildman–Crippen LogP) is 2.05. The lowest BCUT2D eigenvalue weighted by Gasteiger charge is -2.34. The number of aryl methyl sites for hydroxylation is 1. The summed E-state index contributed by atoms with van der Waals surface area (Å²) in [4.78, 5) is 34.8. The summed E-state index contributed by atoms with van der Waals surface area (Å²) >= 11 is 0. The molecule has 0 aromatic carbocycles. The number of primary amides is 1. The molecule has 3 heterocycles. The summed E-state index contributed by atoms with van der Waals surface area (Å²) < 4.78 is 44.6. The Morgan fingerprint density at radius 3 is 2.32 bits per heavy atom. The first-order chi connectivity index (χ1) is 14.5. The van der Waals surface area contributed by atoms with E-state index in [0.717, 1.165) is 18.0 Å². The average Bonchev–Trinajstić information content (AvgIpc) is 3.06. The number of aromatic nitrogens is 3. The molecule has 0 spiro atoms. The van der Waals surface area contributed by atoms with Crippen molar-refractivity contribution < 1.29 is 27.5 Å². The van der Waals surface area contributed by atoms with Crippen molar-refractivity contribution in [1.29, 1.82) is 0 Å². The number of ether oxygens (including phenoxy) is 1. The molecule has 31 heavy (non-hydrogen) atoms. The third-order valence-electron chi connectivity index (χ3n) is 4.91. The third-order valence-corrected chi connectivity index (χ3v) is 4.91. The molecule has 1 atom stereocenters. The van der Waals surface area contributed by atoms with E-state index in [4.69, 9.17) is 10.5 Å². The quantitative estimate of drug-likeness (QED) is 0.763. The van der Waals surface area contributed by atoms with E-state index in [9.17, 15) is 22.8 Å². The second kappa shape index (κ2) is 8.82. The summed E-state index contributed by atoms with van der Waals surface area (Å²) in [5.74, 6) is 0.0542. The molecule has 1 aliphatic heterocycles. The van der Waals surface area contributed by atoms with Gasteiger partial charge in [0.1, 0.15) is 6.10 Å². The number of anilines is 1. The van der Waals surface area contributed by atoms with Crippen LogP contribution in [0.5, 0.6) is 0 Å². The molecule has 1 aliphatic rings. The van der Waals surface area contributed by atoms with E-state index in [1.807, 2.05) is 6.92 Å². The van der Waals surface area contributed by atoms with Crippen molar-refractivity contribution in [3.05, 3.63) is 41.5 Å². The van der Waals surface area contributed by atoms with Crippen molar-refractivity contribution in [2.75, 3.05) is 31.1 Å². The van der Waals surface area contributed by atoms with Crippen molar-refractivity contribution >= 4 is 17.9 Å². The molecule has 2 aromatic heterocycles. The highest BCUT2D eigenvalue weighted by Crippen LogP contribution is 2.28. The van der Waals surface area contributed by atoms with Gasteiger partial charge in [0.05, 0.1) is 17.7 Å². The lowest BCUT2D eigenvalue weighted by atomic mass is 10.2. The monoisotopic (exact) mass is 440 g/mol. The highest BCUT2D eigenvalue weighted by molar-refractivity contribution is 5.95. The maximum Gasteiger partial charge on any atom is 0.419 e. The molecule has 0 bridgehead atoms. The van der Waals surface area contributed by atoms with Crippen molar-refractivity contribution in [1.82, 2.24) is 19.4 Å². The standard InChI is InChI=1S/C19H23F3N6O3/c1-12-9-26(10-13(2)31-17(23)30)11-15(12)16(29)27-3-5-28(6-4-27)18-24-7-14(8-25-18)19(20,21)22/h7-9,11,13H,3-6,10H2,1-2H3,(H2,23,30)/t13-/m0/s1. The van der Waals surface area contributed by atoms with Gasteiger partial charge in [0.2, 0.25) is 5.95 Å². The number of nitrogens with zero attached hydrogens (tertiary/aromatic N) is 5. The van der Waals surface area contributed by atoms with Crippen LogP contribution in [0.3, 0.4) is 0 Å². The van der Waals surface area contributed by atoms with Gasteiger partial charge in [-0.05, 0) is 19.4 Å². The minimum Gasteiger partial charge on any atom is -0.445 e. The van der Waals surface area contributed by atoms with Crippen molar-refractivity contribution in [2.45, 2.75) is 32.7 Å². The minimum absolute atomic E-state index is 0.146. The maximum atomic E-state index is 12.9. The first-order valence-electron chi connectivity index (χ1n) is 9.60. The number of piperazine rings is 1. The molecule has 0 unspecified atom stereocenters. The van der Waals surface area contributed by atoms with E-state index in [0.29, 0.717) is 38.3 Å². The van der Waals surface area contributed by atoms with Gasteiger partial charge in [-0.2, -0.15) is 13.2 Å². The van der Waals surface area contributed by atoms with Crippen molar-refractivity contribution in [3.8, 4) is 0 Å². The number of halogens is 3. The molecule has 9 nitrogen and oxygen atoms in total. The van der Waals surface area contributed by atoms with E-state index in [-0.39, 0.29) is 11.9 Å². The number of nitrogens with two attached hydrogens (primary N) is 1. The first-order valence-corrected chi connectivity index (χ1v) is 9.60. The average molecular weight is 440 g/mol. The fraction of sp³-hybridized carbons (Fsp3) is 0.474. The van der Waals surface area contributed by atoms with E-state index >= 15 is 0 Å². The van der Waals surface area contributed by atoms with Crippen LogP contribution in [0.15, 0.2) is 24.8 Å². The van der Waals surface area contributed by atoms with Gasteiger partial charge in [-0.15, -0.1) is 0 Å². The van der Waals surface area contributed by atoms with Crippen LogP contribution in [0.2, 0.25) is 0 Å². The van der Waals surface area contributed by atoms with Gasteiger partial charge < -0.3 is 24.8 Å². The summed E-state index contributed by atoms with van der Waals surface area (Å²) in [5, 5.41) is 0. The zero-order chi connectivity index (χ0) is 22.8. The highest BCUT2D eigenvalue weighted by atomic mass is 19.4. The highest BCUT2D eigenvalue weighted by Gasteiger charge is 2.32. The van der Waals surface area contributed by atoms with Crippen molar-refractivity contribution in [2.24, 2.45) is 5.73 Å². The minimum atomic E-state index is -4.48. The zero-order valence-corrected chi connectivity index (χ0v) is 17.1. The largest absolute Gasteiger partial charge is 0.445 e. The Kier molecular flexibility index (Phi) is 6.37. The summed E-state index contributed by atoms with van der Waals surface area (Å²) in [6, 6.07) is 0. The Balaban J connectivity index is 1.59. The Labute approximate surface area is 176 Å². The number of hydrogen-bond donors (Lipinski definition) is 1. The SMILES string of the molecule is Cc1cn(C[C@H](C)OC(N)=O)cc1C(=O)N1CCN(c2ncc(C(F)(F)F)cn2)CC1. The van der Waals surface area contributed by atoms with Crippen LogP contribution in [0.25, 0.3) is 0 Å². The number of hydrogen-bond acceptors (Lipinski definition) is 6. The van der Waals surface area contributed by atoms with Gasteiger partial charge in [0.25, 0.3) is 5.91 Å². The Bertz CT molecular complexity index is 936. The van der Waals surface area contributed by atoms with Gasteiger partial charge >= 0.3 is 12.3 Å². The molecule has 0 saturated carbocycles. The van der Waals surface area contributed by atoms with Crippen LogP contribution < -0.4 is 10.6 Å². The second-order valence-electron chi connectivity index (χ2n) is 7.35. The first kappa shape index (κ1) is 22.4. The smallest absolute Gasteiger partial charge is 0.419 e. The third kappa shape index (κ3) is 5.44. The van der Waals surface area contributed by atoms with Gasteiger partial charge in [-0.25, -0.2) is 14.8 Å². The zero-order valence-electron chi connectivity index (χ0n) is 17.1. The van der Waals surface area contributed by atoms with E-state index in [2.05, 4.69) is 9.97 Å². The molecule has 2 amide bonds. The van der Waals surface area contributed by atoms with Gasteiger partial charge in [0.15, 0.2) is 0 Å². The molecule has 0 radical (unpaired) electrons. The van der Waals surface area contributed by atoms with Crippen LogP contribution in [0.1, 0.15) is 28.4 Å². The number of alkyl halides is 3. The molecule has 3 rings (SSSR count). The number of carbonyl (C=O) groups excluding carboxylic acids is 2. The van der Waals surface area contributed by atoms with Gasteiger partial charge in [-0.3, -0.25) is 4.79 Å². The van der Waals surface area contributed by atoms with Crippen LogP contribution in [0.4, 0.5) is 23.9 Å². The normalized spacial score (nSPS) is 15.6. The van der Waals surface area contributed by atoms with Gasteiger partial charge in [0, 0.05) is 51.0 Å². The molecular formula is C19H23F3N6O3. The summed E-state index contributed by atoms with van der Waals surface area (Å²) in [6.07, 6.45) is -0.780. The molecule has 0 aliphatic carbocycles. The Morgan fingerprint density at radius 1 is 1.16 bits per heavy atom. The molecular weight excluding hydrogens is 417 g/mol. The van der Waals surface area contributed by atoms with Crippen molar-refractivity contribution in [3.63, 3.8) is 0 Å². The molecule has 12 heteroatoms. The summed E-state index contributed by atoms with van der Waals surface area (Å²) in [7, 11) is 0. The molecule has 168 valence electrons. The summed E-state index contributed by atoms with van der Waals surface area (Å²) in [5.41, 5.74) is 5.43. The predicted molar refractivity (Wildman–Crippen MR) is 104 cm³/mol. The number of carbonyl (C=O) groups is 2. The fourth-order valence-electron chi connectivity index (χ4n) is 3.40. The lowest BCUT2D eigenvalue weighted by Crippen LogP contribution is -2.49. The number of rotatable bonds is 5. The number of amides is 2. The van der Waals surface area contributed by atoms with Crippen LogP contribution in [-0.2, 0) is 17.5 Å². The molecule has 2 N–H and O–H groups in total. The summed E-state index contributed by atoms with van der Waals surface area (Å²) in [6.45, 7) is 5.45. The molecule has 2 aromatic rings. The topological polar surface area (TPSA) is 107 Å². The van der Waals surface area contributed by atoms with E-state index in [1.54, 1.807) is 33.7 Å².